The SMILES string of the molecule is CCCCCCCCCCCCCCCCCC[N+](C)(C)CC(O)CNCCCCCCCCCCCC.[Cl-]. The number of hydrogen-bond acceptors (Lipinski definition) is 2. The minimum atomic E-state index is -0.228. The number of aliphatic hydroxyl groups is 1. The zero-order chi connectivity index (χ0) is 28.0. The highest BCUT2D eigenvalue weighted by Gasteiger charge is 2.19. The highest BCUT2D eigenvalue weighted by Crippen LogP contribution is 2.14. The van der Waals surface area contributed by atoms with Crippen LogP contribution in [0, 0.1) is 0 Å². The first kappa shape index (κ1) is 41.3. The van der Waals surface area contributed by atoms with Gasteiger partial charge in [-0.1, -0.05) is 162 Å². The summed E-state index contributed by atoms with van der Waals surface area (Å²) in [5.74, 6) is 0. The third-order valence-electron chi connectivity index (χ3n) is 8.41. The standard InChI is InChI=1S/C35H75N2O.ClH/c1-5-7-9-11-13-15-17-18-19-20-21-22-24-26-28-30-32-37(3,4)34-35(38)33-36-31-29-27-25-23-16-14-12-10-8-6-2;/h35-36,38H,5-34H2,1-4H3;1H/q+1;/p-1. The van der Waals surface area contributed by atoms with Crippen LogP contribution < -0.4 is 17.7 Å². The first-order chi connectivity index (χ1) is 18.5. The first-order valence-corrected chi connectivity index (χ1v) is 17.7. The molecule has 3 nitrogen and oxygen atoms in total. The number of likely N-dealkylation sites (N-methyl/N-ethyl adjacent to an activating group) is 1. The van der Waals surface area contributed by atoms with Crippen LogP contribution in [0.3, 0.4) is 0 Å². The lowest BCUT2D eigenvalue weighted by molar-refractivity contribution is -0.893. The van der Waals surface area contributed by atoms with E-state index in [9.17, 15) is 5.11 Å². The molecule has 1 atom stereocenters. The van der Waals surface area contributed by atoms with Crippen LogP contribution in [0.15, 0.2) is 0 Å². The van der Waals surface area contributed by atoms with E-state index in [1.54, 1.807) is 0 Å². The number of halogens is 1. The Kier molecular flexibility index (Phi) is 34.6. The Morgan fingerprint density at radius 1 is 0.487 bits per heavy atom. The summed E-state index contributed by atoms with van der Waals surface area (Å²) in [7, 11) is 4.58. The van der Waals surface area contributed by atoms with Crippen LogP contribution >= 0.6 is 0 Å². The van der Waals surface area contributed by atoms with Crippen LogP contribution in [0.4, 0.5) is 0 Å². The van der Waals surface area contributed by atoms with Crippen molar-refractivity contribution in [2.24, 2.45) is 0 Å². The molecule has 4 heteroatoms. The lowest BCUT2D eigenvalue weighted by Crippen LogP contribution is -3.00. The molecule has 0 aliphatic carbocycles. The first-order valence-electron chi connectivity index (χ1n) is 17.7. The van der Waals surface area contributed by atoms with Crippen LogP contribution in [-0.2, 0) is 0 Å². The molecule has 0 saturated carbocycles. The minimum absolute atomic E-state index is 0. The van der Waals surface area contributed by atoms with E-state index >= 15 is 0 Å². The summed E-state index contributed by atoms with van der Waals surface area (Å²) >= 11 is 0. The number of aliphatic hydroxyl groups excluding tert-OH is 1. The fraction of sp³-hybridized carbons (Fsp3) is 1.00. The lowest BCUT2D eigenvalue weighted by Gasteiger charge is -2.32. The van der Waals surface area contributed by atoms with Crippen molar-refractivity contribution in [2.75, 3.05) is 40.3 Å². The molecule has 0 spiro atoms. The summed E-state index contributed by atoms with van der Waals surface area (Å²) in [6.45, 7) is 8.44. The zero-order valence-electron chi connectivity index (χ0n) is 27.6. The van der Waals surface area contributed by atoms with E-state index in [2.05, 4.69) is 33.3 Å². The van der Waals surface area contributed by atoms with Crippen molar-refractivity contribution in [2.45, 2.75) is 187 Å². The van der Waals surface area contributed by atoms with E-state index < -0.39 is 0 Å². The van der Waals surface area contributed by atoms with Gasteiger partial charge in [0.1, 0.15) is 12.6 Å². The van der Waals surface area contributed by atoms with E-state index in [4.69, 9.17) is 0 Å². The van der Waals surface area contributed by atoms with Gasteiger partial charge in [0.25, 0.3) is 0 Å². The summed E-state index contributed by atoms with van der Waals surface area (Å²) in [6.07, 6.45) is 36.4. The third-order valence-corrected chi connectivity index (χ3v) is 8.41. The molecule has 0 amide bonds. The van der Waals surface area contributed by atoms with E-state index in [-0.39, 0.29) is 18.5 Å². The van der Waals surface area contributed by atoms with Gasteiger partial charge >= 0.3 is 0 Å². The number of nitrogens with zero attached hydrogens (tertiary/aromatic N) is 1. The smallest absolute Gasteiger partial charge is 0.115 e. The van der Waals surface area contributed by atoms with Crippen LogP contribution in [0.2, 0.25) is 0 Å². The topological polar surface area (TPSA) is 32.3 Å². The fourth-order valence-electron chi connectivity index (χ4n) is 5.82. The summed E-state index contributed by atoms with van der Waals surface area (Å²) in [4.78, 5) is 0. The largest absolute Gasteiger partial charge is 1.00 e. The molecule has 0 saturated heterocycles. The number of hydrogen-bond donors (Lipinski definition) is 2. The summed E-state index contributed by atoms with van der Waals surface area (Å²) < 4.78 is 0.944. The molecule has 0 fully saturated rings. The second-order valence-electron chi connectivity index (χ2n) is 13.2. The van der Waals surface area contributed by atoms with E-state index in [1.165, 1.54) is 173 Å². The zero-order valence-corrected chi connectivity index (χ0v) is 28.3. The number of quaternary nitrogens is 1. The number of nitrogens with one attached hydrogen (secondary N) is 1. The predicted octanol–water partition coefficient (Wildman–Crippen LogP) is 7.20. The molecule has 0 rings (SSSR count). The number of rotatable bonds is 32. The van der Waals surface area contributed by atoms with Gasteiger partial charge in [0.05, 0.1) is 20.6 Å². The molecule has 0 bridgehead atoms. The molecule has 1 unspecified atom stereocenters. The number of unbranched alkanes of at least 4 members (excludes halogenated alkanes) is 24. The second kappa shape index (κ2) is 32.7. The van der Waals surface area contributed by atoms with E-state index in [0.29, 0.717) is 0 Å². The Hall–Kier alpha value is 0.170. The van der Waals surface area contributed by atoms with E-state index in [1.807, 2.05) is 0 Å². The van der Waals surface area contributed by atoms with Gasteiger partial charge in [-0.15, -0.1) is 0 Å². The predicted molar refractivity (Wildman–Crippen MR) is 172 cm³/mol. The summed E-state index contributed by atoms with van der Waals surface area (Å²) in [6, 6.07) is 0. The Morgan fingerprint density at radius 2 is 0.795 bits per heavy atom. The summed E-state index contributed by atoms with van der Waals surface area (Å²) in [5.41, 5.74) is 0. The molecular formula is C35H75ClN2O. The van der Waals surface area contributed by atoms with Crippen LogP contribution in [-0.4, -0.2) is 56.0 Å². The van der Waals surface area contributed by atoms with Gasteiger partial charge < -0.3 is 27.3 Å². The van der Waals surface area contributed by atoms with Gasteiger partial charge in [-0.25, -0.2) is 0 Å². The average Bonchev–Trinajstić information content (AvgIpc) is 2.88. The van der Waals surface area contributed by atoms with Crippen molar-refractivity contribution in [3.63, 3.8) is 0 Å². The van der Waals surface area contributed by atoms with Crippen molar-refractivity contribution in [1.82, 2.24) is 5.32 Å². The molecule has 0 aromatic carbocycles. The van der Waals surface area contributed by atoms with Gasteiger partial charge in [-0.3, -0.25) is 0 Å². The molecule has 0 aliphatic heterocycles. The molecular weight excluding hydrogens is 500 g/mol. The average molecular weight is 575 g/mol. The van der Waals surface area contributed by atoms with Crippen molar-refractivity contribution in [3.05, 3.63) is 0 Å². The van der Waals surface area contributed by atoms with Crippen molar-refractivity contribution < 1.29 is 22.0 Å². The van der Waals surface area contributed by atoms with Crippen LogP contribution in [0.25, 0.3) is 0 Å². The van der Waals surface area contributed by atoms with Gasteiger partial charge in [0, 0.05) is 6.54 Å². The van der Waals surface area contributed by atoms with Crippen molar-refractivity contribution in [3.8, 4) is 0 Å². The monoisotopic (exact) mass is 575 g/mol. The normalized spacial score (nSPS) is 12.5. The van der Waals surface area contributed by atoms with Crippen LogP contribution in [0.5, 0.6) is 0 Å². The Morgan fingerprint density at radius 3 is 1.15 bits per heavy atom. The molecule has 0 aliphatic rings. The second-order valence-corrected chi connectivity index (χ2v) is 13.2. The molecule has 0 aromatic heterocycles. The van der Waals surface area contributed by atoms with Gasteiger partial charge in [-0.2, -0.15) is 0 Å². The minimum Gasteiger partial charge on any atom is -1.00 e. The maximum absolute atomic E-state index is 10.5. The van der Waals surface area contributed by atoms with E-state index in [0.717, 1.165) is 24.1 Å². The quantitative estimate of drug-likeness (QED) is 0.0657. The Bertz CT molecular complexity index is 446. The molecule has 2 N–H and O–H groups in total. The van der Waals surface area contributed by atoms with Gasteiger partial charge in [-0.05, 0) is 25.8 Å². The Labute approximate surface area is 254 Å². The highest BCUT2D eigenvalue weighted by molar-refractivity contribution is 4.60. The molecule has 238 valence electrons. The van der Waals surface area contributed by atoms with Gasteiger partial charge in [0.2, 0.25) is 0 Å². The molecule has 0 heterocycles. The maximum atomic E-state index is 10.5. The molecule has 39 heavy (non-hydrogen) atoms. The summed E-state index contributed by atoms with van der Waals surface area (Å²) in [5, 5.41) is 14.0. The van der Waals surface area contributed by atoms with Gasteiger partial charge in [0.15, 0.2) is 0 Å². The molecule has 0 radical (unpaired) electrons. The van der Waals surface area contributed by atoms with Crippen LogP contribution in [0.1, 0.15) is 181 Å². The third kappa shape index (κ3) is 34.3. The fourth-order valence-corrected chi connectivity index (χ4v) is 5.82. The maximum Gasteiger partial charge on any atom is 0.115 e. The van der Waals surface area contributed by atoms with Crippen molar-refractivity contribution in [1.29, 1.82) is 0 Å². The molecule has 0 aromatic rings. The lowest BCUT2D eigenvalue weighted by atomic mass is 10.0. The van der Waals surface area contributed by atoms with Crippen molar-refractivity contribution >= 4 is 0 Å². The Balaban J connectivity index is 0. The highest BCUT2D eigenvalue weighted by atomic mass is 35.5.